The lowest BCUT2D eigenvalue weighted by Crippen LogP contribution is -2.23. The molecule has 0 spiro atoms. The summed E-state index contributed by atoms with van der Waals surface area (Å²) in [7, 11) is 0. The first-order chi connectivity index (χ1) is 15.3. The monoisotopic (exact) mass is 475 g/mol. The summed E-state index contributed by atoms with van der Waals surface area (Å²) in [6.07, 6.45) is 4.89. The molecule has 2 amide bonds. The van der Waals surface area contributed by atoms with Gasteiger partial charge in [-0.25, -0.2) is 4.98 Å². The van der Waals surface area contributed by atoms with Crippen molar-refractivity contribution in [2.24, 2.45) is 5.92 Å². The molecule has 0 unspecified atom stereocenters. The van der Waals surface area contributed by atoms with Crippen LogP contribution in [0.2, 0.25) is 0 Å². The maximum atomic E-state index is 12.9. The predicted octanol–water partition coefficient (Wildman–Crippen LogP) is 4.14. The highest BCUT2D eigenvalue weighted by Crippen LogP contribution is 2.32. The molecule has 0 saturated heterocycles. The number of ketones is 1. The van der Waals surface area contributed by atoms with Gasteiger partial charge in [0.1, 0.15) is 6.42 Å². The Balaban J connectivity index is 1.64. The van der Waals surface area contributed by atoms with Gasteiger partial charge in [0.15, 0.2) is 10.9 Å². The molecular weight excluding hydrogens is 450 g/mol. The van der Waals surface area contributed by atoms with Crippen LogP contribution >= 0.6 is 23.1 Å². The van der Waals surface area contributed by atoms with Crippen LogP contribution in [0.1, 0.15) is 53.7 Å². The van der Waals surface area contributed by atoms with Crippen LogP contribution in [-0.4, -0.2) is 39.9 Å². The number of thiazole rings is 1. The van der Waals surface area contributed by atoms with Gasteiger partial charge in [-0.15, -0.1) is 11.8 Å². The first-order valence-electron chi connectivity index (χ1n) is 10.3. The number of carbonyl (C=O) groups excluding carboxylic acids is 3. The fourth-order valence-electron chi connectivity index (χ4n) is 3.69. The quantitative estimate of drug-likeness (QED) is 0.283. The standard InChI is InChI=1S/C22H25N3O5S2/c1-12-7-8-15(14(9-12)20(30)13-5-3-4-6-13)23-17(26)11-18(27)25-22-24-16(10-19(28)29)21(31-2)32-22/h7-9,13H,3-6,10-11H2,1-2H3,(H,23,26)(H,28,29)(H,24,25,27). The molecule has 10 heteroatoms. The predicted molar refractivity (Wildman–Crippen MR) is 125 cm³/mol. The molecular formula is C22H25N3O5S2. The fraction of sp³-hybridized carbons (Fsp3) is 0.409. The number of carboxylic acid groups (broad SMARTS) is 1. The zero-order chi connectivity index (χ0) is 23.3. The molecule has 0 atom stereocenters. The highest BCUT2D eigenvalue weighted by molar-refractivity contribution is 8.00. The van der Waals surface area contributed by atoms with Crippen molar-refractivity contribution in [3.8, 4) is 0 Å². The molecule has 170 valence electrons. The van der Waals surface area contributed by atoms with E-state index in [0.29, 0.717) is 21.2 Å². The molecule has 3 N–H and O–H groups in total. The van der Waals surface area contributed by atoms with Crippen molar-refractivity contribution in [2.45, 2.75) is 49.7 Å². The minimum absolute atomic E-state index is 0.0220. The molecule has 1 fully saturated rings. The summed E-state index contributed by atoms with van der Waals surface area (Å²) >= 11 is 2.51. The average Bonchev–Trinajstić information content (AvgIpc) is 3.38. The van der Waals surface area contributed by atoms with E-state index in [9.17, 15) is 19.2 Å². The Labute approximate surface area is 194 Å². The van der Waals surface area contributed by atoms with Crippen molar-refractivity contribution < 1.29 is 24.3 Å². The zero-order valence-corrected chi connectivity index (χ0v) is 19.5. The molecule has 1 aliphatic rings. The number of aromatic nitrogens is 1. The van der Waals surface area contributed by atoms with Gasteiger partial charge < -0.3 is 15.7 Å². The Morgan fingerprint density at radius 3 is 2.50 bits per heavy atom. The molecule has 3 rings (SSSR count). The third-order valence-corrected chi connectivity index (χ3v) is 7.34. The number of thioether (sulfide) groups is 1. The van der Waals surface area contributed by atoms with E-state index in [1.807, 2.05) is 13.0 Å². The fourth-order valence-corrected chi connectivity index (χ4v) is 5.34. The second-order valence-corrected chi connectivity index (χ2v) is 9.77. The van der Waals surface area contributed by atoms with Crippen molar-refractivity contribution in [1.82, 2.24) is 4.98 Å². The number of nitrogens with zero attached hydrogens (tertiary/aromatic N) is 1. The highest BCUT2D eigenvalue weighted by Gasteiger charge is 2.26. The molecule has 1 saturated carbocycles. The van der Waals surface area contributed by atoms with Crippen molar-refractivity contribution in [2.75, 3.05) is 16.9 Å². The van der Waals surface area contributed by atoms with Crippen molar-refractivity contribution in [3.63, 3.8) is 0 Å². The second-order valence-electron chi connectivity index (χ2n) is 7.70. The van der Waals surface area contributed by atoms with Crippen LogP contribution < -0.4 is 10.6 Å². The summed E-state index contributed by atoms with van der Waals surface area (Å²) in [6.45, 7) is 1.89. The average molecular weight is 476 g/mol. The van der Waals surface area contributed by atoms with Crippen molar-refractivity contribution in [1.29, 1.82) is 0 Å². The maximum Gasteiger partial charge on any atom is 0.309 e. The number of benzene rings is 1. The number of carbonyl (C=O) groups is 4. The lowest BCUT2D eigenvalue weighted by molar-refractivity contribution is -0.136. The Morgan fingerprint density at radius 1 is 1.16 bits per heavy atom. The molecule has 8 nitrogen and oxygen atoms in total. The minimum Gasteiger partial charge on any atom is -0.481 e. The molecule has 0 aliphatic heterocycles. The van der Waals surface area contributed by atoms with E-state index >= 15 is 0 Å². The van der Waals surface area contributed by atoms with Gasteiger partial charge in [-0.2, -0.15) is 0 Å². The number of hydrogen-bond donors (Lipinski definition) is 3. The van der Waals surface area contributed by atoms with Gasteiger partial charge in [0.25, 0.3) is 0 Å². The van der Waals surface area contributed by atoms with Gasteiger partial charge in [-0.3, -0.25) is 19.2 Å². The first kappa shape index (κ1) is 23.9. The molecule has 32 heavy (non-hydrogen) atoms. The number of amides is 2. The van der Waals surface area contributed by atoms with Crippen LogP contribution in [0, 0.1) is 12.8 Å². The lowest BCUT2D eigenvalue weighted by Gasteiger charge is -2.14. The molecule has 1 heterocycles. The number of anilines is 2. The van der Waals surface area contributed by atoms with E-state index in [0.717, 1.165) is 42.6 Å². The molecule has 1 aliphatic carbocycles. The highest BCUT2D eigenvalue weighted by atomic mass is 32.2. The number of nitrogens with one attached hydrogen (secondary N) is 2. The third-order valence-electron chi connectivity index (χ3n) is 5.17. The topological polar surface area (TPSA) is 125 Å². The van der Waals surface area contributed by atoms with Crippen LogP contribution in [-0.2, 0) is 20.8 Å². The van der Waals surface area contributed by atoms with Gasteiger partial charge >= 0.3 is 5.97 Å². The van der Waals surface area contributed by atoms with E-state index in [1.165, 1.54) is 11.8 Å². The number of rotatable bonds is 9. The van der Waals surface area contributed by atoms with E-state index in [-0.39, 0.29) is 23.3 Å². The summed E-state index contributed by atoms with van der Waals surface area (Å²) in [5.74, 6) is -2.11. The van der Waals surface area contributed by atoms with E-state index in [4.69, 9.17) is 5.11 Å². The van der Waals surface area contributed by atoms with E-state index in [2.05, 4.69) is 15.6 Å². The van der Waals surface area contributed by atoms with Gasteiger partial charge in [0.2, 0.25) is 11.8 Å². The molecule has 0 radical (unpaired) electrons. The second kappa shape index (κ2) is 10.7. The number of hydrogen-bond acceptors (Lipinski definition) is 7. The van der Waals surface area contributed by atoms with Gasteiger partial charge in [0.05, 0.1) is 22.0 Å². The van der Waals surface area contributed by atoms with Gasteiger partial charge in [0, 0.05) is 11.5 Å². The summed E-state index contributed by atoms with van der Waals surface area (Å²) in [6, 6.07) is 5.28. The van der Waals surface area contributed by atoms with E-state index in [1.54, 1.807) is 18.4 Å². The Morgan fingerprint density at radius 2 is 1.84 bits per heavy atom. The van der Waals surface area contributed by atoms with Crippen LogP contribution in [0.5, 0.6) is 0 Å². The summed E-state index contributed by atoms with van der Waals surface area (Å²) in [5, 5.41) is 14.5. The molecule has 1 aromatic carbocycles. The summed E-state index contributed by atoms with van der Waals surface area (Å²) in [4.78, 5) is 52.9. The zero-order valence-electron chi connectivity index (χ0n) is 17.9. The SMILES string of the molecule is CSc1sc(NC(=O)CC(=O)Nc2ccc(C)cc2C(=O)C2CCCC2)nc1CC(=O)O. The van der Waals surface area contributed by atoms with Crippen molar-refractivity contribution in [3.05, 3.63) is 35.0 Å². The van der Waals surface area contributed by atoms with Gasteiger partial charge in [-0.1, -0.05) is 35.8 Å². The van der Waals surface area contributed by atoms with Crippen LogP contribution in [0.3, 0.4) is 0 Å². The maximum absolute atomic E-state index is 12.9. The molecule has 1 aromatic heterocycles. The van der Waals surface area contributed by atoms with Crippen LogP contribution in [0.25, 0.3) is 0 Å². The third kappa shape index (κ3) is 6.17. The smallest absolute Gasteiger partial charge is 0.309 e. The van der Waals surface area contributed by atoms with Gasteiger partial charge in [-0.05, 0) is 38.2 Å². The van der Waals surface area contributed by atoms with Crippen LogP contribution in [0.4, 0.5) is 10.8 Å². The summed E-state index contributed by atoms with van der Waals surface area (Å²) in [5.41, 5.74) is 2.19. The lowest BCUT2D eigenvalue weighted by atomic mass is 9.94. The number of aryl methyl sites for hydroxylation is 1. The number of aliphatic carboxylic acids is 1. The van der Waals surface area contributed by atoms with Crippen LogP contribution in [0.15, 0.2) is 22.4 Å². The summed E-state index contributed by atoms with van der Waals surface area (Å²) < 4.78 is 0.696. The normalized spacial score (nSPS) is 13.7. The Kier molecular flexibility index (Phi) is 8.03. The molecule has 2 aromatic rings. The van der Waals surface area contributed by atoms with Crippen molar-refractivity contribution >= 4 is 57.5 Å². The first-order valence-corrected chi connectivity index (χ1v) is 12.3. The minimum atomic E-state index is -1.01. The van der Waals surface area contributed by atoms with E-state index < -0.39 is 24.2 Å². The molecule has 0 bridgehead atoms. The largest absolute Gasteiger partial charge is 0.481 e. The number of Topliss-reactive ketones (excluding diaryl/α,β-unsaturated/α-hetero) is 1. The Hall–Kier alpha value is -2.72. The Bertz CT molecular complexity index is 1040. The number of carboxylic acids is 1.